The van der Waals surface area contributed by atoms with Crippen LogP contribution in [0.15, 0.2) is 42.7 Å². The van der Waals surface area contributed by atoms with Gasteiger partial charge in [-0.1, -0.05) is 24.3 Å². The van der Waals surface area contributed by atoms with Gasteiger partial charge in [0, 0.05) is 23.5 Å². The molecule has 0 aliphatic heterocycles. The Labute approximate surface area is 104 Å². The molecule has 1 aliphatic carbocycles. The molecule has 2 aromatic rings. The number of aryl methyl sites for hydroxylation is 1. The first kappa shape index (κ1) is 10.8. The van der Waals surface area contributed by atoms with Crippen molar-refractivity contribution >= 4 is 11.6 Å². The summed E-state index contributed by atoms with van der Waals surface area (Å²) in [5.41, 5.74) is 2.70. The van der Waals surface area contributed by atoms with E-state index >= 15 is 0 Å². The fourth-order valence-electron chi connectivity index (χ4n) is 2.43. The number of hydrogen-bond donors (Lipinski definition) is 0. The van der Waals surface area contributed by atoms with Crippen molar-refractivity contribution in [2.75, 3.05) is 0 Å². The molecular weight excluding hydrogens is 226 g/mol. The van der Waals surface area contributed by atoms with Crippen molar-refractivity contribution < 1.29 is 9.59 Å². The summed E-state index contributed by atoms with van der Waals surface area (Å²) in [7, 11) is 0. The molecule has 3 nitrogen and oxygen atoms in total. The molecule has 18 heavy (non-hydrogen) atoms. The van der Waals surface area contributed by atoms with Gasteiger partial charge in [0.1, 0.15) is 5.92 Å². The average molecular weight is 237 g/mol. The predicted molar refractivity (Wildman–Crippen MR) is 66.8 cm³/mol. The molecule has 0 radical (unpaired) electrons. The fourth-order valence-corrected chi connectivity index (χ4v) is 2.43. The van der Waals surface area contributed by atoms with E-state index in [1.54, 1.807) is 42.7 Å². The summed E-state index contributed by atoms with van der Waals surface area (Å²) in [6.45, 7) is 1.87. The summed E-state index contributed by atoms with van der Waals surface area (Å²) in [6.07, 6.45) is 3.30. The third-order valence-electron chi connectivity index (χ3n) is 3.36. The third kappa shape index (κ3) is 1.40. The zero-order valence-electron chi connectivity index (χ0n) is 9.88. The van der Waals surface area contributed by atoms with Gasteiger partial charge in [0.15, 0.2) is 11.6 Å². The normalized spacial score (nSPS) is 14.9. The topological polar surface area (TPSA) is 47.0 Å². The SMILES string of the molecule is Cc1cnccc1C1C(=O)c2ccccc2C1=O. The van der Waals surface area contributed by atoms with Crippen LogP contribution < -0.4 is 0 Å². The Balaban J connectivity index is 2.16. The van der Waals surface area contributed by atoms with E-state index < -0.39 is 5.92 Å². The lowest BCUT2D eigenvalue weighted by atomic mass is 9.92. The van der Waals surface area contributed by atoms with Crippen molar-refractivity contribution in [2.45, 2.75) is 12.8 Å². The lowest BCUT2D eigenvalue weighted by molar-refractivity contribution is 0.0889. The molecule has 0 spiro atoms. The number of pyridine rings is 1. The third-order valence-corrected chi connectivity index (χ3v) is 3.36. The first-order chi connectivity index (χ1) is 8.70. The summed E-state index contributed by atoms with van der Waals surface area (Å²) >= 11 is 0. The highest BCUT2D eigenvalue weighted by atomic mass is 16.2. The van der Waals surface area contributed by atoms with Gasteiger partial charge in [0.05, 0.1) is 0 Å². The van der Waals surface area contributed by atoms with Crippen molar-refractivity contribution in [3.05, 3.63) is 65.0 Å². The van der Waals surface area contributed by atoms with E-state index in [1.165, 1.54) is 0 Å². The first-order valence-electron chi connectivity index (χ1n) is 5.78. The summed E-state index contributed by atoms with van der Waals surface area (Å²) in [6, 6.07) is 8.75. The number of ketones is 2. The van der Waals surface area contributed by atoms with E-state index in [1.807, 2.05) is 6.92 Å². The maximum atomic E-state index is 12.3. The highest BCUT2D eigenvalue weighted by Gasteiger charge is 2.39. The van der Waals surface area contributed by atoms with Crippen molar-refractivity contribution in [3.63, 3.8) is 0 Å². The van der Waals surface area contributed by atoms with Crippen LogP contribution in [-0.2, 0) is 0 Å². The van der Waals surface area contributed by atoms with Crippen LogP contribution in [0.5, 0.6) is 0 Å². The number of fused-ring (bicyclic) bond motifs is 1. The Morgan fingerprint density at radius 1 is 1.00 bits per heavy atom. The number of hydrogen-bond acceptors (Lipinski definition) is 3. The molecule has 0 fully saturated rings. The lowest BCUT2D eigenvalue weighted by Gasteiger charge is -2.09. The molecular formula is C15H11NO2. The van der Waals surface area contributed by atoms with Crippen LogP contribution in [0.3, 0.4) is 0 Å². The molecule has 1 heterocycles. The zero-order chi connectivity index (χ0) is 12.7. The smallest absolute Gasteiger partial charge is 0.178 e. The van der Waals surface area contributed by atoms with Crippen LogP contribution in [0.2, 0.25) is 0 Å². The number of aromatic nitrogens is 1. The number of carbonyl (C=O) groups is 2. The lowest BCUT2D eigenvalue weighted by Crippen LogP contribution is -2.14. The van der Waals surface area contributed by atoms with Crippen LogP contribution >= 0.6 is 0 Å². The molecule has 0 saturated carbocycles. The molecule has 1 aromatic heterocycles. The Morgan fingerprint density at radius 3 is 2.17 bits per heavy atom. The summed E-state index contributed by atoms with van der Waals surface area (Å²) in [5.74, 6) is -0.903. The van der Waals surface area contributed by atoms with E-state index in [4.69, 9.17) is 0 Å². The standard InChI is InChI=1S/C15H11NO2/c1-9-8-16-7-6-10(9)13-14(17)11-4-2-3-5-12(11)15(13)18/h2-8,13H,1H3. The quantitative estimate of drug-likeness (QED) is 0.716. The van der Waals surface area contributed by atoms with Gasteiger partial charge in [0.25, 0.3) is 0 Å². The number of benzene rings is 1. The monoisotopic (exact) mass is 237 g/mol. The van der Waals surface area contributed by atoms with Gasteiger partial charge in [-0.15, -0.1) is 0 Å². The fraction of sp³-hybridized carbons (Fsp3) is 0.133. The second-order valence-electron chi connectivity index (χ2n) is 4.44. The van der Waals surface area contributed by atoms with Crippen molar-refractivity contribution in [3.8, 4) is 0 Å². The van der Waals surface area contributed by atoms with Crippen LogP contribution in [-0.4, -0.2) is 16.6 Å². The Hall–Kier alpha value is -2.29. The maximum Gasteiger partial charge on any atom is 0.178 e. The largest absolute Gasteiger partial charge is 0.293 e. The molecule has 3 rings (SSSR count). The van der Waals surface area contributed by atoms with E-state index in [2.05, 4.69) is 4.98 Å². The molecule has 0 N–H and O–H groups in total. The second-order valence-corrected chi connectivity index (χ2v) is 4.44. The Bertz CT molecular complexity index is 626. The van der Waals surface area contributed by atoms with E-state index in [0.29, 0.717) is 11.1 Å². The highest BCUT2D eigenvalue weighted by Crippen LogP contribution is 2.34. The van der Waals surface area contributed by atoms with Crippen LogP contribution in [0.25, 0.3) is 0 Å². The second kappa shape index (κ2) is 3.88. The molecule has 0 amide bonds. The van der Waals surface area contributed by atoms with Gasteiger partial charge in [-0.2, -0.15) is 0 Å². The number of rotatable bonds is 1. The van der Waals surface area contributed by atoms with Gasteiger partial charge in [-0.25, -0.2) is 0 Å². The molecule has 88 valence electrons. The Morgan fingerprint density at radius 2 is 1.61 bits per heavy atom. The van der Waals surface area contributed by atoms with Gasteiger partial charge < -0.3 is 0 Å². The molecule has 0 atom stereocenters. The number of nitrogens with zero attached hydrogens (tertiary/aromatic N) is 1. The minimum absolute atomic E-state index is 0.107. The van der Waals surface area contributed by atoms with E-state index in [-0.39, 0.29) is 11.6 Å². The number of Topliss-reactive ketones (excluding diaryl/α,β-unsaturated/α-hetero) is 2. The van der Waals surface area contributed by atoms with Gasteiger partial charge in [-0.3, -0.25) is 14.6 Å². The van der Waals surface area contributed by atoms with E-state index in [0.717, 1.165) is 11.1 Å². The van der Waals surface area contributed by atoms with Crippen LogP contribution in [0.4, 0.5) is 0 Å². The molecule has 0 bridgehead atoms. The Kier molecular flexibility index (Phi) is 2.33. The van der Waals surface area contributed by atoms with Gasteiger partial charge in [0.2, 0.25) is 0 Å². The number of carbonyl (C=O) groups excluding carboxylic acids is 2. The minimum Gasteiger partial charge on any atom is -0.293 e. The molecule has 0 saturated heterocycles. The highest BCUT2D eigenvalue weighted by molar-refractivity contribution is 6.29. The van der Waals surface area contributed by atoms with Crippen molar-refractivity contribution in [1.29, 1.82) is 0 Å². The predicted octanol–water partition coefficient (Wildman–Crippen LogP) is 2.55. The molecule has 0 unspecified atom stereocenters. The van der Waals surface area contributed by atoms with Gasteiger partial charge >= 0.3 is 0 Å². The minimum atomic E-state index is -0.689. The van der Waals surface area contributed by atoms with Crippen LogP contribution in [0, 0.1) is 6.92 Å². The first-order valence-corrected chi connectivity index (χ1v) is 5.78. The molecule has 1 aliphatic rings. The molecule has 1 aromatic carbocycles. The maximum absolute atomic E-state index is 12.3. The van der Waals surface area contributed by atoms with Crippen LogP contribution in [0.1, 0.15) is 37.8 Å². The van der Waals surface area contributed by atoms with Crippen molar-refractivity contribution in [2.24, 2.45) is 0 Å². The average Bonchev–Trinajstić information content (AvgIpc) is 2.64. The summed E-state index contributed by atoms with van der Waals surface area (Å²) in [5, 5.41) is 0. The van der Waals surface area contributed by atoms with Gasteiger partial charge in [-0.05, 0) is 24.1 Å². The summed E-state index contributed by atoms with van der Waals surface area (Å²) in [4.78, 5) is 28.6. The van der Waals surface area contributed by atoms with E-state index in [9.17, 15) is 9.59 Å². The zero-order valence-corrected chi connectivity index (χ0v) is 9.88. The molecule has 3 heteroatoms. The van der Waals surface area contributed by atoms with Crippen molar-refractivity contribution in [1.82, 2.24) is 4.98 Å². The summed E-state index contributed by atoms with van der Waals surface area (Å²) < 4.78 is 0.